The lowest BCUT2D eigenvalue weighted by Gasteiger charge is -2.35. The van der Waals surface area contributed by atoms with Gasteiger partial charge in [0.2, 0.25) is 5.91 Å². The van der Waals surface area contributed by atoms with Crippen molar-refractivity contribution >= 4 is 17.8 Å². The van der Waals surface area contributed by atoms with E-state index in [0.29, 0.717) is 13.0 Å². The molecule has 1 aliphatic heterocycles. The maximum absolute atomic E-state index is 12.9. The van der Waals surface area contributed by atoms with Gasteiger partial charge in [-0.15, -0.1) is 0 Å². The molecule has 1 atom stereocenters. The van der Waals surface area contributed by atoms with Crippen molar-refractivity contribution < 1.29 is 14.4 Å². The molecule has 134 valence electrons. The fourth-order valence-electron chi connectivity index (χ4n) is 3.57. The first kappa shape index (κ1) is 17.4. The van der Waals surface area contributed by atoms with Crippen LogP contribution in [0.4, 0.5) is 4.79 Å². The number of hydrogen-bond donors (Lipinski definition) is 2. The summed E-state index contributed by atoms with van der Waals surface area (Å²) < 4.78 is 0. The van der Waals surface area contributed by atoms with Crippen molar-refractivity contribution in [3.8, 4) is 0 Å². The molecule has 25 heavy (non-hydrogen) atoms. The summed E-state index contributed by atoms with van der Waals surface area (Å²) in [7, 11) is 0. The predicted molar refractivity (Wildman–Crippen MR) is 91.4 cm³/mol. The van der Waals surface area contributed by atoms with E-state index in [1.165, 1.54) is 6.42 Å². The summed E-state index contributed by atoms with van der Waals surface area (Å²) in [6.45, 7) is 0.565. The van der Waals surface area contributed by atoms with Crippen molar-refractivity contribution in [3.63, 3.8) is 0 Å². The maximum atomic E-state index is 12.9. The van der Waals surface area contributed by atoms with Crippen molar-refractivity contribution in [1.82, 2.24) is 20.5 Å². The average molecular weight is 344 g/mol. The van der Waals surface area contributed by atoms with E-state index in [4.69, 9.17) is 0 Å². The predicted octanol–water partition coefficient (Wildman–Crippen LogP) is 1.73. The van der Waals surface area contributed by atoms with Crippen LogP contribution in [0.3, 0.4) is 0 Å². The molecule has 7 nitrogen and oxygen atoms in total. The highest BCUT2D eigenvalue weighted by molar-refractivity contribution is 6.04. The summed E-state index contributed by atoms with van der Waals surface area (Å²) in [5.74, 6) is -0.311. The zero-order valence-corrected chi connectivity index (χ0v) is 14.2. The topological polar surface area (TPSA) is 91.4 Å². The second kappa shape index (κ2) is 8.09. The number of hydrogen-bond acceptors (Lipinski definition) is 4. The van der Waals surface area contributed by atoms with Crippen molar-refractivity contribution in [2.45, 2.75) is 63.6 Å². The molecular formula is C18H24N4O3. The lowest BCUT2D eigenvalue weighted by atomic mass is 9.93. The summed E-state index contributed by atoms with van der Waals surface area (Å²) in [5, 5.41) is 4.75. The van der Waals surface area contributed by atoms with Crippen LogP contribution in [0.5, 0.6) is 0 Å². The third-order valence-electron chi connectivity index (χ3n) is 4.94. The molecule has 2 aliphatic rings. The van der Waals surface area contributed by atoms with Crippen LogP contribution < -0.4 is 10.6 Å². The molecule has 1 aliphatic carbocycles. The lowest BCUT2D eigenvalue weighted by molar-refractivity contribution is -0.135. The van der Waals surface area contributed by atoms with Gasteiger partial charge in [0.1, 0.15) is 6.04 Å². The average Bonchev–Trinajstić information content (AvgIpc) is 2.96. The minimum atomic E-state index is -0.606. The van der Waals surface area contributed by atoms with Gasteiger partial charge in [-0.25, -0.2) is 4.79 Å². The summed E-state index contributed by atoms with van der Waals surface area (Å²) >= 11 is 0. The molecule has 0 spiro atoms. The van der Waals surface area contributed by atoms with Crippen LogP contribution in [-0.2, 0) is 16.1 Å². The Morgan fingerprint density at radius 2 is 1.88 bits per heavy atom. The Kier molecular flexibility index (Phi) is 5.63. The zero-order chi connectivity index (χ0) is 17.6. The molecule has 3 rings (SSSR count). The fourth-order valence-corrected chi connectivity index (χ4v) is 3.57. The van der Waals surface area contributed by atoms with Gasteiger partial charge in [-0.05, 0) is 37.0 Å². The van der Waals surface area contributed by atoms with E-state index in [-0.39, 0.29) is 24.3 Å². The Balaban J connectivity index is 1.64. The van der Waals surface area contributed by atoms with Crippen LogP contribution >= 0.6 is 0 Å². The molecule has 1 aromatic rings. The molecule has 1 saturated heterocycles. The largest absolute Gasteiger partial charge is 0.335 e. The van der Waals surface area contributed by atoms with Crippen molar-refractivity contribution in [1.29, 1.82) is 0 Å². The van der Waals surface area contributed by atoms with E-state index in [2.05, 4.69) is 15.6 Å². The molecule has 7 heteroatoms. The van der Waals surface area contributed by atoms with Crippen molar-refractivity contribution in [2.24, 2.45) is 0 Å². The SMILES string of the molecule is O=C1NC(=O)[C@@H](CCC(=O)N(Cc2ccncc2)C2CCCCC2)N1. The molecule has 0 bridgehead atoms. The minimum absolute atomic E-state index is 0.0395. The van der Waals surface area contributed by atoms with Gasteiger partial charge in [0.05, 0.1) is 0 Å². The molecule has 2 heterocycles. The Bertz CT molecular complexity index is 628. The van der Waals surface area contributed by atoms with Gasteiger partial charge in [-0.1, -0.05) is 19.3 Å². The van der Waals surface area contributed by atoms with Crippen LogP contribution in [-0.4, -0.2) is 39.8 Å². The smallest absolute Gasteiger partial charge is 0.322 e. The molecule has 2 fully saturated rings. The highest BCUT2D eigenvalue weighted by Gasteiger charge is 2.31. The Morgan fingerprint density at radius 3 is 2.52 bits per heavy atom. The van der Waals surface area contributed by atoms with Crippen LogP contribution in [0.15, 0.2) is 24.5 Å². The third kappa shape index (κ3) is 4.55. The van der Waals surface area contributed by atoms with Crippen molar-refractivity contribution in [2.75, 3.05) is 0 Å². The number of nitrogens with one attached hydrogen (secondary N) is 2. The number of nitrogens with zero attached hydrogens (tertiary/aromatic N) is 2. The van der Waals surface area contributed by atoms with Gasteiger partial charge in [0.25, 0.3) is 5.91 Å². The molecule has 0 radical (unpaired) electrons. The van der Waals surface area contributed by atoms with Gasteiger partial charge in [-0.2, -0.15) is 0 Å². The van der Waals surface area contributed by atoms with Crippen molar-refractivity contribution in [3.05, 3.63) is 30.1 Å². The van der Waals surface area contributed by atoms with E-state index < -0.39 is 12.1 Å². The van der Waals surface area contributed by atoms with Gasteiger partial charge in [0.15, 0.2) is 0 Å². The highest BCUT2D eigenvalue weighted by Crippen LogP contribution is 2.25. The van der Waals surface area contributed by atoms with Gasteiger partial charge in [-0.3, -0.25) is 19.9 Å². The first-order valence-electron chi connectivity index (χ1n) is 8.93. The number of pyridine rings is 1. The number of urea groups is 1. The molecule has 4 amide bonds. The van der Waals surface area contributed by atoms with Crippen LogP contribution in [0.25, 0.3) is 0 Å². The van der Waals surface area contributed by atoms with Crippen LogP contribution in [0, 0.1) is 0 Å². The maximum Gasteiger partial charge on any atom is 0.322 e. The number of carbonyl (C=O) groups excluding carboxylic acids is 3. The van der Waals surface area contributed by atoms with E-state index in [0.717, 1.165) is 31.2 Å². The normalized spacial score (nSPS) is 20.9. The standard InChI is InChI=1S/C18H24N4O3/c23-16(7-6-15-17(24)21-18(25)20-15)22(14-4-2-1-3-5-14)12-13-8-10-19-11-9-13/h8-11,14-15H,1-7,12H2,(H2,20,21,24,25)/t15-/m1/s1. The number of rotatable bonds is 6. The van der Waals surface area contributed by atoms with E-state index in [1.54, 1.807) is 12.4 Å². The number of carbonyl (C=O) groups is 3. The quantitative estimate of drug-likeness (QED) is 0.769. The third-order valence-corrected chi connectivity index (χ3v) is 4.94. The molecule has 0 unspecified atom stereocenters. The van der Waals surface area contributed by atoms with E-state index in [9.17, 15) is 14.4 Å². The first-order chi connectivity index (χ1) is 12.1. The minimum Gasteiger partial charge on any atom is -0.335 e. The second-order valence-corrected chi connectivity index (χ2v) is 6.72. The number of aromatic nitrogens is 1. The number of amides is 4. The Hall–Kier alpha value is -2.44. The molecule has 0 aromatic carbocycles. The zero-order valence-electron chi connectivity index (χ0n) is 14.2. The molecule has 1 aromatic heterocycles. The molecule has 2 N–H and O–H groups in total. The van der Waals surface area contributed by atoms with Gasteiger partial charge >= 0.3 is 6.03 Å². The number of imide groups is 1. The first-order valence-corrected chi connectivity index (χ1v) is 8.93. The Labute approximate surface area is 147 Å². The van der Waals surface area contributed by atoms with Gasteiger partial charge < -0.3 is 10.2 Å². The highest BCUT2D eigenvalue weighted by atomic mass is 16.2. The van der Waals surface area contributed by atoms with Crippen LogP contribution in [0.2, 0.25) is 0 Å². The summed E-state index contributed by atoms with van der Waals surface area (Å²) in [5.41, 5.74) is 1.06. The second-order valence-electron chi connectivity index (χ2n) is 6.72. The van der Waals surface area contributed by atoms with Crippen LogP contribution in [0.1, 0.15) is 50.5 Å². The molecule has 1 saturated carbocycles. The van der Waals surface area contributed by atoms with Gasteiger partial charge in [0, 0.05) is 31.4 Å². The summed E-state index contributed by atoms with van der Waals surface area (Å²) in [6, 6.07) is 3.01. The lowest BCUT2D eigenvalue weighted by Crippen LogP contribution is -2.41. The van der Waals surface area contributed by atoms with E-state index >= 15 is 0 Å². The Morgan fingerprint density at radius 1 is 1.16 bits per heavy atom. The summed E-state index contributed by atoms with van der Waals surface area (Å²) in [4.78, 5) is 41.7. The monoisotopic (exact) mass is 344 g/mol. The molecular weight excluding hydrogens is 320 g/mol. The summed E-state index contributed by atoms with van der Waals surface area (Å²) in [6.07, 6.45) is 9.61. The fraction of sp³-hybridized carbons (Fsp3) is 0.556. The van der Waals surface area contributed by atoms with E-state index in [1.807, 2.05) is 17.0 Å².